The summed E-state index contributed by atoms with van der Waals surface area (Å²) < 4.78 is 0. The molecule has 0 aliphatic rings. The lowest BCUT2D eigenvalue weighted by Gasteiger charge is -2.16. The highest BCUT2D eigenvalue weighted by molar-refractivity contribution is 5.88. The fourth-order valence-electron chi connectivity index (χ4n) is 1.57. The predicted molar refractivity (Wildman–Crippen MR) is 87.9 cm³/mol. The van der Waals surface area contributed by atoms with Crippen LogP contribution in [0, 0.1) is 5.41 Å². The van der Waals surface area contributed by atoms with Gasteiger partial charge >= 0.3 is 0 Å². The van der Waals surface area contributed by atoms with Gasteiger partial charge in [-0.3, -0.25) is 5.43 Å². The van der Waals surface area contributed by atoms with Crippen molar-refractivity contribution in [2.45, 2.75) is 20.8 Å². The van der Waals surface area contributed by atoms with Crippen molar-refractivity contribution in [2.24, 2.45) is 20.7 Å². The molecule has 0 aliphatic carbocycles. The lowest BCUT2D eigenvalue weighted by atomic mass is 9.95. The second-order valence-electron chi connectivity index (χ2n) is 5.70. The number of para-hydroxylation sites is 1. The van der Waals surface area contributed by atoms with E-state index in [1.165, 1.54) is 0 Å². The fourth-order valence-corrected chi connectivity index (χ4v) is 1.57. The molecule has 0 aliphatic heterocycles. The minimum atomic E-state index is -0.194. The van der Waals surface area contributed by atoms with Crippen LogP contribution in [0.3, 0.4) is 0 Å². The Labute approximate surface area is 125 Å². The Kier molecular flexibility index (Phi) is 4.82. The minimum absolute atomic E-state index is 0.194. The summed E-state index contributed by atoms with van der Waals surface area (Å²) in [6.07, 6.45) is 0. The molecule has 4 nitrogen and oxygen atoms in total. The molecule has 1 N–H and O–H groups in total. The number of azo groups is 1. The van der Waals surface area contributed by atoms with Gasteiger partial charge in [-0.1, -0.05) is 57.2 Å². The summed E-state index contributed by atoms with van der Waals surface area (Å²) in [7, 11) is 0. The summed E-state index contributed by atoms with van der Waals surface area (Å²) in [5.74, 6) is 0.648. The van der Waals surface area contributed by atoms with E-state index in [1.54, 1.807) is 0 Å². The van der Waals surface area contributed by atoms with Gasteiger partial charge in [0.15, 0.2) is 5.84 Å². The quantitative estimate of drug-likeness (QED) is 0.355. The van der Waals surface area contributed by atoms with E-state index in [-0.39, 0.29) is 5.41 Å². The van der Waals surface area contributed by atoms with Gasteiger partial charge in [0.2, 0.25) is 0 Å². The number of hydrazone groups is 1. The van der Waals surface area contributed by atoms with Gasteiger partial charge in [0.05, 0.1) is 11.4 Å². The van der Waals surface area contributed by atoms with Crippen LogP contribution in [0.1, 0.15) is 20.8 Å². The Bertz CT molecular complexity index is 610. The van der Waals surface area contributed by atoms with Gasteiger partial charge in [0.25, 0.3) is 0 Å². The third-order valence-electron chi connectivity index (χ3n) is 2.75. The van der Waals surface area contributed by atoms with Gasteiger partial charge in [-0.15, -0.1) is 10.2 Å². The average Bonchev–Trinajstić information content (AvgIpc) is 2.48. The number of benzene rings is 2. The first-order valence-corrected chi connectivity index (χ1v) is 6.92. The maximum Gasteiger partial charge on any atom is 0.176 e. The van der Waals surface area contributed by atoms with E-state index < -0.39 is 0 Å². The number of hydrogen-bond acceptors (Lipinski definition) is 3. The third kappa shape index (κ3) is 4.84. The van der Waals surface area contributed by atoms with Crippen molar-refractivity contribution in [1.29, 1.82) is 0 Å². The first kappa shape index (κ1) is 14.9. The van der Waals surface area contributed by atoms with Crippen molar-refractivity contribution in [3.8, 4) is 0 Å². The van der Waals surface area contributed by atoms with E-state index in [0.717, 1.165) is 11.4 Å². The van der Waals surface area contributed by atoms with Crippen LogP contribution in [0.15, 0.2) is 76.0 Å². The summed E-state index contributed by atoms with van der Waals surface area (Å²) >= 11 is 0. The molecule has 0 unspecified atom stereocenters. The van der Waals surface area contributed by atoms with Crippen molar-refractivity contribution in [2.75, 3.05) is 5.43 Å². The molecule has 0 saturated carbocycles. The van der Waals surface area contributed by atoms with Gasteiger partial charge in [0.1, 0.15) is 0 Å². The second-order valence-corrected chi connectivity index (χ2v) is 5.70. The molecular weight excluding hydrogens is 260 g/mol. The number of rotatable bonds is 3. The number of hydrogen-bond donors (Lipinski definition) is 1. The molecule has 0 atom stereocenters. The molecule has 0 fully saturated rings. The molecular formula is C17H20N4. The van der Waals surface area contributed by atoms with Crippen LogP contribution < -0.4 is 5.43 Å². The summed E-state index contributed by atoms with van der Waals surface area (Å²) in [5, 5.41) is 12.9. The Morgan fingerprint density at radius 3 is 2.00 bits per heavy atom. The highest BCUT2D eigenvalue weighted by Crippen LogP contribution is 2.20. The van der Waals surface area contributed by atoms with Crippen LogP contribution in [0.4, 0.5) is 11.4 Å². The highest BCUT2D eigenvalue weighted by atomic mass is 15.3. The molecule has 0 heterocycles. The maximum atomic E-state index is 4.39. The van der Waals surface area contributed by atoms with Crippen LogP contribution in [-0.4, -0.2) is 5.84 Å². The van der Waals surface area contributed by atoms with Crippen molar-refractivity contribution < 1.29 is 0 Å². The molecule has 0 saturated heterocycles. The maximum absolute atomic E-state index is 4.39. The molecule has 0 aromatic heterocycles. The number of nitrogens with one attached hydrogen (secondary N) is 1. The third-order valence-corrected chi connectivity index (χ3v) is 2.75. The molecule has 108 valence electrons. The van der Waals surface area contributed by atoms with E-state index in [0.29, 0.717) is 5.84 Å². The van der Waals surface area contributed by atoms with Crippen molar-refractivity contribution in [1.82, 2.24) is 0 Å². The Morgan fingerprint density at radius 1 is 0.857 bits per heavy atom. The monoisotopic (exact) mass is 280 g/mol. The molecule has 0 bridgehead atoms. The SMILES string of the molecule is CC(C)(C)/C(N=Nc1ccccc1)=N\Nc1ccccc1. The molecule has 2 rings (SSSR count). The predicted octanol–water partition coefficient (Wildman–Crippen LogP) is 5.24. The Balaban J connectivity index is 2.17. The lowest BCUT2D eigenvalue weighted by Crippen LogP contribution is -2.19. The van der Waals surface area contributed by atoms with Crippen LogP contribution in [0.25, 0.3) is 0 Å². The van der Waals surface area contributed by atoms with Crippen LogP contribution >= 0.6 is 0 Å². The van der Waals surface area contributed by atoms with Crippen LogP contribution in [0.2, 0.25) is 0 Å². The molecule has 2 aromatic rings. The van der Waals surface area contributed by atoms with Gasteiger partial charge in [-0.25, -0.2) is 0 Å². The van der Waals surface area contributed by atoms with E-state index in [2.05, 4.69) is 41.5 Å². The molecule has 0 spiro atoms. The summed E-state index contributed by atoms with van der Waals surface area (Å²) in [5.41, 5.74) is 4.57. The first-order valence-electron chi connectivity index (χ1n) is 6.92. The summed E-state index contributed by atoms with van der Waals surface area (Å²) in [6.45, 7) is 6.17. The number of nitrogens with zero attached hydrogens (tertiary/aromatic N) is 3. The zero-order valence-corrected chi connectivity index (χ0v) is 12.6. The van der Waals surface area contributed by atoms with Crippen molar-refractivity contribution >= 4 is 17.2 Å². The van der Waals surface area contributed by atoms with Gasteiger partial charge in [-0.05, 0) is 24.3 Å². The van der Waals surface area contributed by atoms with Crippen LogP contribution in [0.5, 0.6) is 0 Å². The largest absolute Gasteiger partial charge is 0.277 e. The molecule has 0 radical (unpaired) electrons. The van der Waals surface area contributed by atoms with Gasteiger partial charge < -0.3 is 0 Å². The number of amidine groups is 1. The van der Waals surface area contributed by atoms with Gasteiger partial charge in [0, 0.05) is 5.41 Å². The first-order chi connectivity index (χ1) is 10.1. The highest BCUT2D eigenvalue weighted by Gasteiger charge is 2.19. The standard InChI is InChI=1S/C17H20N4/c1-17(2,3)16(20-18-14-10-6-4-7-11-14)21-19-15-12-8-5-9-13-15/h4-13,18H,1-3H3/b20-16+,21-19?. The molecule has 4 heteroatoms. The molecule has 21 heavy (non-hydrogen) atoms. The van der Waals surface area contributed by atoms with Crippen molar-refractivity contribution in [3.05, 3.63) is 60.7 Å². The molecule has 0 amide bonds. The topological polar surface area (TPSA) is 49.1 Å². The Hall–Kier alpha value is -2.49. The lowest BCUT2D eigenvalue weighted by molar-refractivity contribution is 0.581. The van der Waals surface area contributed by atoms with Crippen LogP contribution in [-0.2, 0) is 0 Å². The smallest absolute Gasteiger partial charge is 0.176 e. The zero-order chi connectivity index (χ0) is 15.1. The zero-order valence-electron chi connectivity index (χ0n) is 12.6. The van der Waals surface area contributed by atoms with E-state index in [4.69, 9.17) is 0 Å². The fraction of sp³-hybridized carbons (Fsp3) is 0.235. The molecule has 2 aromatic carbocycles. The van der Waals surface area contributed by atoms with E-state index in [9.17, 15) is 0 Å². The van der Waals surface area contributed by atoms with E-state index >= 15 is 0 Å². The van der Waals surface area contributed by atoms with Gasteiger partial charge in [-0.2, -0.15) is 5.10 Å². The average molecular weight is 280 g/mol. The van der Waals surface area contributed by atoms with E-state index in [1.807, 2.05) is 60.7 Å². The van der Waals surface area contributed by atoms with Crippen molar-refractivity contribution in [3.63, 3.8) is 0 Å². The summed E-state index contributed by atoms with van der Waals surface area (Å²) in [6, 6.07) is 19.4. The second kappa shape index (κ2) is 6.79. The normalized spacial score (nSPS) is 12.6. The number of anilines is 1. The Morgan fingerprint density at radius 2 is 1.43 bits per heavy atom. The minimum Gasteiger partial charge on any atom is -0.277 e. The summed E-state index contributed by atoms with van der Waals surface area (Å²) in [4.78, 5) is 0.